The fraction of sp³-hybridized carbons (Fsp3) is 0.167. The standard InChI is InChI=1S/C71H56B2N4.CH4/c1-40(2)43-36-48(41(3)4)65(49(37-43)42(5)6)64-45-24-10-16-30-55(45)74(44-22-8-7-9-23-44)61-39-62-54(38-50(61)64)73-53-29-15-21-35-60(53)77-59-34-20-14-28-52(59)72-51-27-13-19-33-58(51)75-56-31-17-11-25-46(56)63-47-26-12-18-32-57(47)76(62)70-66(63)69(75)67(72)71(77)68(70)73;/h7-42,63-64H,1-6H3;1H4. The molecule has 10 aromatic carbocycles. The molecule has 7 aliphatic heterocycles. The molecule has 4 nitrogen and oxygen atoms in total. The van der Waals surface area contributed by atoms with Crippen molar-refractivity contribution < 1.29 is 0 Å². The van der Waals surface area contributed by atoms with Crippen LogP contribution in [0.1, 0.15) is 129 Å². The van der Waals surface area contributed by atoms with Crippen molar-refractivity contribution in [3.05, 3.63) is 250 Å². The summed E-state index contributed by atoms with van der Waals surface area (Å²) in [6, 6.07) is 77.8. The average molecular weight is 1000 g/mol. The highest BCUT2D eigenvalue weighted by molar-refractivity contribution is 7.05. The Labute approximate surface area is 460 Å². The summed E-state index contributed by atoms with van der Waals surface area (Å²) in [6.45, 7) is 14.4. The number of rotatable bonds is 5. The van der Waals surface area contributed by atoms with Crippen LogP contribution in [0.4, 0.5) is 68.2 Å². The fourth-order valence-electron chi connectivity index (χ4n) is 15.7. The van der Waals surface area contributed by atoms with Crippen LogP contribution < -0.4 is 52.4 Å². The molecule has 0 amide bonds. The minimum atomic E-state index is -0.0504. The van der Waals surface area contributed by atoms with Crippen LogP contribution in [0.5, 0.6) is 0 Å². The monoisotopic (exact) mass is 1000 g/mol. The zero-order chi connectivity index (χ0) is 51.3. The summed E-state index contributed by atoms with van der Waals surface area (Å²) < 4.78 is 0. The number of anilines is 12. The van der Waals surface area contributed by atoms with E-state index >= 15 is 0 Å². The summed E-state index contributed by atoms with van der Waals surface area (Å²) in [4.78, 5) is 10.7. The second kappa shape index (κ2) is 16.3. The lowest BCUT2D eigenvalue weighted by molar-refractivity contribution is 0.761. The van der Waals surface area contributed by atoms with Crippen molar-refractivity contribution in [2.45, 2.75) is 78.6 Å². The third kappa shape index (κ3) is 5.67. The molecule has 7 aliphatic rings. The zero-order valence-electron chi connectivity index (χ0n) is 44.4. The Morgan fingerprint density at radius 3 is 1.21 bits per heavy atom. The van der Waals surface area contributed by atoms with Gasteiger partial charge in [0.05, 0.1) is 22.7 Å². The van der Waals surface area contributed by atoms with Gasteiger partial charge in [0.1, 0.15) is 0 Å². The van der Waals surface area contributed by atoms with Crippen LogP contribution in [-0.4, -0.2) is 13.4 Å². The van der Waals surface area contributed by atoms with Gasteiger partial charge < -0.3 is 19.6 Å². The molecule has 7 heterocycles. The summed E-state index contributed by atoms with van der Waals surface area (Å²) in [5.74, 6) is 1.08. The summed E-state index contributed by atoms with van der Waals surface area (Å²) in [7, 11) is 0. The molecule has 0 aromatic heterocycles. The van der Waals surface area contributed by atoms with Gasteiger partial charge in [0.25, 0.3) is 13.4 Å². The third-order valence-corrected chi connectivity index (χ3v) is 18.8. The third-order valence-electron chi connectivity index (χ3n) is 18.8. The molecule has 0 radical (unpaired) electrons. The number of benzene rings is 10. The van der Waals surface area contributed by atoms with Crippen molar-refractivity contribution in [2.75, 3.05) is 19.6 Å². The lowest BCUT2D eigenvalue weighted by atomic mass is 9.28. The topological polar surface area (TPSA) is 13.0 Å². The predicted octanol–water partition coefficient (Wildman–Crippen LogP) is 15.2. The fourth-order valence-corrected chi connectivity index (χ4v) is 15.7. The first-order valence-corrected chi connectivity index (χ1v) is 28.2. The van der Waals surface area contributed by atoms with E-state index in [1.807, 2.05) is 0 Å². The van der Waals surface area contributed by atoms with E-state index in [2.05, 4.69) is 261 Å². The molecule has 374 valence electrons. The average Bonchev–Trinajstić information content (AvgIpc) is 1.43. The van der Waals surface area contributed by atoms with Gasteiger partial charge in [-0.1, -0.05) is 195 Å². The van der Waals surface area contributed by atoms with E-state index in [0.717, 1.165) is 0 Å². The number of hydrogen-bond donors (Lipinski definition) is 0. The van der Waals surface area contributed by atoms with Gasteiger partial charge in [0.15, 0.2) is 0 Å². The molecule has 17 rings (SSSR count). The Morgan fingerprint density at radius 2 is 0.718 bits per heavy atom. The largest absolute Gasteiger partial charge is 0.312 e. The first kappa shape index (κ1) is 45.7. The first-order valence-electron chi connectivity index (χ1n) is 28.2. The first-order chi connectivity index (χ1) is 37.8. The molecule has 78 heavy (non-hydrogen) atoms. The highest BCUT2D eigenvalue weighted by Crippen LogP contribution is 2.64. The van der Waals surface area contributed by atoms with Crippen LogP contribution >= 0.6 is 0 Å². The van der Waals surface area contributed by atoms with Gasteiger partial charge in [-0.3, -0.25) is 0 Å². The van der Waals surface area contributed by atoms with Gasteiger partial charge in [0, 0.05) is 62.9 Å². The number of nitrogens with zero attached hydrogens (tertiary/aromatic N) is 4. The number of hydrogen-bond acceptors (Lipinski definition) is 4. The second-order valence-electron chi connectivity index (χ2n) is 23.6. The van der Waals surface area contributed by atoms with E-state index in [4.69, 9.17) is 0 Å². The second-order valence-corrected chi connectivity index (χ2v) is 23.6. The lowest BCUT2D eigenvalue weighted by Gasteiger charge is -2.56. The normalized spacial score (nSPS) is 16.4. The van der Waals surface area contributed by atoms with Gasteiger partial charge >= 0.3 is 0 Å². The minimum Gasteiger partial charge on any atom is -0.312 e. The Bertz CT molecular complexity index is 4180. The molecule has 0 N–H and O–H groups in total. The Kier molecular flexibility index (Phi) is 9.54. The van der Waals surface area contributed by atoms with Gasteiger partial charge in [-0.25, -0.2) is 0 Å². The van der Waals surface area contributed by atoms with E-state index in [-0.39, 0.29) is 32.7 Å². The van der Waals surface area contributed by atoms with Crippen LogP contribution in [0.15, 0.2) is 200 Å². The molecule has 6 heteroatoms. The van der Waals surface area contributed by atoms with Gasteiger partial charge in [-0.2, -0.15) is 0 Å². The van der Waals surface area contributed by atoms with Crippen LogP contribution in [0, 0.1) is 0 Å². The van der Waals surface area contributed by atoms with Crippen molar-refractivity contribution in [3.8, 4) is 0 Å². The van der Waals surface area contributed by atoms with Crippen molar-refractivity contribution >= 4 is 114 Å². The Balaban J connectivity index is 0.00000509. The Morgan fingerprint density at radius 1 is 0.321 bits per heavy atom. The maximum absolute atomic E-state index is 2.75. The van der Waals surface area contributed by atoms with E-state index in [1.165, 1.54) is 151 Å². The molecule has 0 aliphatic carbocycles. The van der Waals surface area contributed by atoms with Crippen molar-refractivity contribution in [2.24, 2.45) is 0 Å². The van der Waals surface area contributed by atoms with Crippen LogP contribution in [0.3, 0.4) is 0 Å². The minimum absolute atomic E-state index is 0. The van der Waals surface area contributed by atoms with Gasteiger partial charge in [-0.15, -0.1) is 0 Å². The van der Waals surface area contributed by atoms with Gasteiger partial charge in [0.2, 0.25) is 0 Å². The smallest absolute Gasteiger partial charge is 0.252 e. The molecule has 0 spiro atoms. The Hall–Kier alpha value is -8.47. The predicted molar refractivity (Wildman–Crippen MR) is 332 cm³/mol. The van der Waals surface area contributed by atoms with Crippen molar-refractivity contribution in [1.82, 2.24) is 0 Å². The molecule has 2 unspecified atom stereocenters. The van der Waals surface area contributed by atoms with E-state index in [0.29, 0.717) is 17.8 Å². The van der Waals surface area contributed by atoms with Gasteiger partial charge in [-0.05, 0) is 150 Å². The molecule has 10 aromatic rings. The van der Waals surface area contributed by atoms with Crippen molar-refractivity contribution in [1.29, 1.82) is 0 Å². The SMILES string of the molecule is C.CC(C)c1cc(C(C)C)c(C2c3ccccc3N(c3ccccc3)c3cc4c(cc32)B2c3ccccc3N3c5ccccc5B5c6ccccc6N6c7ccccc7C7c8ccccc8N4c4c2c3c5c6c47)c(C(C)C)c1. The number of para-hydroxylation sites is 7. The molecule has 0 saturated heterocycles. The summed E-state index contributed by atoms with van der Waals surface area (Å²) >= 11 is 0. The molecule has 0 bridgehead atoms. The van der Waals surface area contributed by atoms with Crippen LogP contribution in [0.2, 0.25) is 0 Å². The maximum Gasteiger partial charge on any atom is 0.252 e. The molecule has 0 fully saturated rings. The van der Waals surface area contributed by atoms with E-state index < -0.39 is 0 Å². The molecular formula is C72H60B2N4. The van der Waals surface area contributed by atoms with E-state index in [1.54, 1.807) is 0 Å². The maximum atomic E-state index is 2.75. The zero-order valence-corrected chi connectivity index (χ0v) is 44.4. The van der Waals surface area contributed by atoms with Crippen LogP contribution in [-0.2, 0) is 0 Å². The van der Waals surface area contributed by atoms with Crippen molar-refractivity contribution in [3.63, 3.8) is 0 Å². The summed E-state index contributed by atoms with van der Waals surface area (Å²) in [6.07, 6.45) is 0. The lowest BCUT2D eigenvalue weighted by Crippen LogP contribution is -2.69. The summed E-state index contributed by atoms with van der Waals surface area (Å²) in [5.41, 5.74) is 36.4. The van der Waals surface area contributed by atoms with Crippen LogP contribution in [0.25, 0.3) is 0 Å². The quantitative estimate of drug-likeness (QED) is 0.159. The highest BCUT2D eigenvalue weighted by Gasteiger charge is 2.57. The summed E-state index contributed by atoms with van der Waals surface area (Å²) in [5, 5.41) is 0. The molecular weight excluding hydrogens is 942 g/mol. The molecule has 2 atom stereocenters. The number of fused-ring (bicyclic) bond motifs is 20. The molecule has 0 saturated carbocycles. The highest BCUT2D eigenvalue weighted by atomic mass is 15.2. The van der Waals surface area contributed by atoms with E-state index in [9.17, 15) is 0 Å².